The number of amides is 1. The van der Waals surface area contributed by atoms with Crippen molar-refractivity contribution < 1.29 is 19.1 Å². The molecule has 0 spiro atoms. The third-order valence-electron chi connectivity index (χ3n) is 3.86. The summed E-state index contributed by atoms with van der Waals surface area (Å²) < 4.78 is 11.8. The third-order valence-corrected chi connectivity index (χ3v) is 4.84. The molecule has 0 aliphatic heterocycles. The van der Waals surface area contributed by atoms with Crippen molar-refractivity contribution in [2.45, 2.75) is 25.5 Å². The van der Waals surface area contributed by atoms with Crippen molar-refractivity contribution in [1.29, 1.82) is 0 Å². The Kier molecular flexibility index (Phi) is 7.23. The van der Waals surface area contributed by atoms with E-state index in [4.69, 9.17) is 4.74 Å². The standard InChI is InChI=1S/C18H23N3O4S/c1-12-13(2)21(9-10-24-3)18(19-12)26-11-16(22)20-15-7-5-14(6-8-15)17(23)25-4/h5-8H,9-11H2,1-4H3,(H,20,22). The fourth-order valence-electron chi connectivity index (χ4n) is 2.31. The summed E-state index contributed by atoms with van der Waals surface area (Å²) in [5, 5.41) is 3.61. The summed E-state index contributed by atoms with van der Waals surface area (Å²) in [4.78, 5) is 28.1. The Bertz CT molecular complexity index is 771. The highest BCUT2D eigenvalue weighted by Gasteiger charge is 2.13. The maximum Gasteiger partial charge on any atom is 0.337 e. The number of benzene rings is 1. The van der Waals surface area contributed by atoms with Crippen LogP contribution >= 0.6 is 11.8 Å². The minimum atomic E-state index is -0.410. The number of anilines is 1. The lowest BCUT2D eigenvalue weighted by Crippen LogP contribution is -2.15. The Morgan fingerprint density at radius 3 is 2.50 bits per heavy atom. The minimum Gasteiger partial charge on any atom is -0.465 e. The molecule has 0 bridgehead atoms. The number of aryl methyl sites for hydroxylation is 1. The summed E-state index contributed by atoms with van der Waals surface area (Å²) in [5.74, 6) is -0.314. The number of hydrogen-bond acceptors (Lipinski definition) is 6. The number of aromatic nitrogens is 2. The molecule has 140 valence electrons. The van der Waals surface area contributed by atoms with Crippen LogP contribution in [-0.4, -0.2) is 48.0 Å². The first-order valence-corrected chi connectivity index (χ1v) is 9.08. The molecule has 26 heavy (non-hydrogen) atoms. The van der Waals surface area contributed by atoms with E-state index in [1.807, 2.05) is 13.8 Å². The first-order chi connectivity index (χ1) is 12.5. The van der Waals surface area contributed by atoms with Crippen molar-refractivity contribution in [3.63, 3.8) is 0 Å². The molecule has 8 heteroatoms. The summed E-state index contributed by atoms with van der Waals surface area (Å²) in [7, 11) is 2.99. The zero-order chi connectivity index (χ0) is 19.1. The molecule has 0 unspecified atom stereocenters. The molecule has 1 aromatic carbocycles. The number of ether oxygens (including phenoxy) is 2. The van der Waals surface area contributed by atoms with Gasteiger partial charge in [-0.2, -0.15) is 0 Å². The number of carbonyl (C=O) groups is 2. The van der Waals surface area contributed by atoms with Gasteiger partial charge in [0.15, 0.2) is 5.16 Å². The number of thioether (sulfide) groups is 1. The summed E-state index contributed by atoms with van der Waals surface area (Å²) in [6.07, 6.45) is 0. The highest BCUT2D eigenvalue weighted by molar-refractivity contribution is 7.99. The van der Waals surface area contributed by atoms with Gasteiger partial charge in [0.2, 0.25) is 5.91 Å². The fraction of sp³-hybridized carbons (Fsp3) is 0.389. The molecular formula is C18H23N3O4S. The smallest absolute Gasteiger partial charge is 0.337 e. The second kappa shape index (κ2) is 9.40. The van der Waals surface area contributed by atoms with Gasteiger partial charge in [-0.15, -0.1) is 0 Å². The molecule has 2 rings (SSSR count). The van der Waals surface area contributed by atoms with Crippen LogP contribution in [-0.2, 0) is 20.8 Å². The Labute approximate surface area is 157 Å². The fourth-order valence-corrected chi connectivity index (χ4v) is 3.23. The number of hydrogen-bond donors (Lipinski definition) is 1. The Morgan fingerprint density at radius 1 is 1.19 bits per heavy atom. The van der Waals surface area contributed by atoms with Crippen LogP contribution in [0, 0.1) is 13.8 Å². The minimum absolute atomic E-state index is 0.141. The average Bonchev–Trinajstić information content (AvgIpc) is 2.92. The van der Waals surface area contributed by atoms with Crippen molar-refractivity contribution >= 4 is 29.3 Å². The Morgan fingerprint density at radius 2 is 1.88 bits per heavy atom. The van der Waals surface area contributed by atoms with Gasteiger partial charge in [-0.3, -0.25) is 4.79 Å². The van der Waals surface area contributed by atoms with Gasteiger partial charge in [-0.25, -0.2) is 9.78 Å². The highest BCUT2D eigenvalue weighted by Crippen LogP contribution is 2.21. The van der Waals surface area contributed by atoms with Crippen LogP contribution in [0.1, 0.15) is 21.7 Å². The summed E-state index contributed by atoms with van der Waals surface area (Å²) in [6, 6.07) is 6.56. The molecule has 1 amide bonds. The van der Waals surface area contributed by atoms with E-state index in [0.29, 0.717) is 24.4 Å². The first kappa shape index (κ1) is 20.0. The summed E-state index contributed by atoms with van der Waals surface area (Å²) in [6.45, 7) is 5.24. The van der Waals surface area contributed by atoms with E-state index in [1.54, 1.807) is 31.4 Å². The molecule has 0 atom stereocenters. The van der Waals surface area contributed by atoms with Crippen LogP contribution < -0.4 is 5.32 Å². The van der Waals surface area contributed by atoms with Gasteiger partial charge in [0.25, 0.3) is 0 Å². The molecule has 1 aromatic heterocycles. The van der Waals surface area contributed by atoms with Gasteiger partial charge < -0.3 is 19.4 Å². The second-order valence-electron chi connectivity index (χ2n) is 5.62. The zero-order valence-electron chi connectivity index (χ0n) is 15.4. The lowest BCUT2D eigenvalue weighted by molar-refractivity contribution is -0.113. The molecule has 0 saturated carbocycles. The normalized spacial score (nSPS) is 10.6. The van der Waals surface area contributed by atoms with E-state index in [9.17, 15) is 9.59 Å². The van der Waals surface area contributed by atoms with E-state index in [1.165, 1.54) is 18.9 Å². The lowest BCUT2D eigenvalue weighted by Gasteiger charge is -2.09. The molecule has 7 nitrogen and oxygen atoms in total. The summed E-state index contributed by atoms with van der Waals surface area (Å²) >= 11 is 1.38. The number of carbonyl (C=O) groups excluding carboxylic acids is 2. The van der Waals surface area contributed by atoms with Gasteiger partial charge in [0.05, 0.1) is 30.7 Å². The zero-order valence-corrected chi connectivity index (χ0v) is 16.2. The van der Waals surface area contributed by atoms with Crippen molar-refractivity contribution in [2.75, 3.05) is 31.9 Å². The van der Waals surface area contributed by atoms with Crippen LogP contribution in [0.3, 0.4) is 0 Å². The summed E-state index contributed by atoms with van der Waals surface area (Å²) in [5.41, 5.74) is 3.08. The van der Waals surface area contributed by atoms with Crippen molar-refractivity contribution in [1.82, 2.24) is 9.55 Å². The van der Waals surface area contributed by atoms with Crippen molar-refractivity contribution in [2.24, 2.45) is 0 Å². The average molecular weight is 377 g/mol. The van der Waals surface area contributed by atoms with Gasteiger partial charge in [-0.1, -0.05) is 11.8 Å². The maximum atomic E-state index is 12.2. The number of methoxy groups -OCH3 is 2. The molecule has 0 aliphatic carbocycles. The molecule has 2 aromatic rings. The predicted octanol–water partition coefficient (Wildman–Crippen LogP) is 2.66. The Hall–Kier alpha value is -2.32. The molecule has 0 aliphatic rings. The molecular weight excluding hydrogens is 354 g/mol. The predicted molar refractivity (Wildman–Crippen MR) is 101 cm³/mol. The SMILES string of the molecule is COCCn1c(SCC(=O)Nc2ccc(C(=O)OC)cc2)nc(C)c1C. The van der Waals surface area contributed by atoms with E-state index in [2.05, 4.69) is 19.6 Å². The van der Waals surface area contributed by atoms with E-state index >= 15 is 0 Å². The molecule has 0 saturated heterocycles. The van der Waals surface area contributed by atoms with Crippen LogP contribution in [0.2, 0.25) is 0 Å². The highest BCUT2D eigenvalue weighted by atomic mass is 32.2. The molecule has 1 N–H and O–H groups in total. The van der Waals surface area contributed by atoms with E-state index in [-0.39, 0.29) is 11.7 Å². The monoisotopic (exact) mass is 377 g/mol. The molecule has 1 heterocycles. The number of nitrogens with zero attached hydrogens (tertiary/aromatic N) is 2. The van der Waals surface area contributed by atoms with Crippen LogP contribution in [0.25, 0.3) is 0 Å². The van der Waals surface area contributed by atoms with Crippen LogP contribution in [0.5, 0.6) is 0 Å². The quantitative estimate of drug-likeness (QED) is 0.563. The van der Waals surface area contributed by atoms with Gasteiger partial charge >= 0.3 is 5.97 Å². The van der Waals surface area contributed by atoms with Gasteiger partial charge in [-0.05, 0) is 38.1 Å². The van der Waals surface area contributed by atoms with E-state index < -0.39 is 5.97 Å². The molecule has 0 fully saturated rings. The lowest BCUT2D eigenvalue weighted by atomic mass is 10.2. The van der Waals surface area contributed by atoms with Gasteiger partial charge in [0, 0.05) is 25.0 Å². The third kappa shape index (κ3) is 5.09. The number of esters is 1. The topological polar surface area (TPSA) is 82.5 Å². The van der Waals surface area contributed by atoms with Gasteiger partial charge in [0.1, 0.15) is 0 Å². The maximum absolute atomic E-state index is 12.2. The Balaban J connectivity index is 1.94. The second-order valence-corrected chi connectivity index (χ2v) is 6.56. The van der Waals surface area contributed by atoms with Crippen molar-refractivity contribution in [3.05, 3.63) is 41.2 Å². The first-order valence-electron chi connectivity index (χ1n) is 8.10. The van der Waals surface area contributed by atoms with Crippen LogP contribution in [0.15, 0.2) is 29.4 Å². The molecule has 0 radical (unpaired) electrons. The number of rotatable bonds is 8. The largest absolute Gasteiger partial charge is 0.465 e. The number of imidazole rings is 1. The van der Waals surface area contributed by atoms with Crippen molar-refractivity contribution in [3.8, 4) is 0 Å². The number of nitrogens with one attached hydrogen (secondary N) is 1. The van der Waals surface area contributed by atoms with E-state index in [0.717, 1.165) is 16.5 Å². The van der Waals surface area contributed by atoms with Crippen LogP contribution in [0.4, 0.5) is 5.69 Å².